The van der Waals surface area contributed by atoms with Crippen molar-refractivity contribution in [2.24, 2.45) is 0 Å². The molecule has 5 aromatic rings. The SMILES string of the molecule is COc1ncc(OC)c2c(C(=O)C(=O)N3CCN(C(=O)c4ccccc4)CC3)c[nH]c12.C[C@H](Cn1cnc2c(N)ncnc21)OCP(=O)(O)O. The molecule has 1 fully saturated rings. The van der Waals surface area contributed by atoms with Gasteiger partial charge in [0, 0.05) is 37.9 Å². The molecule has 0 aliphatic carbocycles. The number of aromatic amines is 1. The van der Waals surface area contributed by atoms with Crippen LogP contribution < -0.4 is 15.2 Å². The largest absolute Gasteiger partial charge is 0.494 e. The van der Waals surface area contributed by atoms with E-state index in [2.05, 4.69) is 24.9 Å². The number of nitrogen functional groups attached to an aromatic ring is 1. The van der Waals surface area contributed by atoms with Crippen molar-refractivity contribution >= 4 is 53.1 Å². The van der Waals surface area contributed by atoms with Crippen LogP contribution in [0.2, 0.25) is 0 Å². The number of Topliss-reactive ketones (excluding diaryl/α,β-unsaturated/α-hetero) is 1. The van der Waals surface area contributed by atoms with Crippen molar-refractivity contribution in [3.8, 4) is 11.6 Å². The van der Waals surface area contributed by atoms with Crippen molar-refractivity contribution in [1.82, 2.24) is 39.3 Å². The quantitative estimate of drug-likeness (QED) is 0.0917. The monoisotopic (exact) mass is 709 g/mol. The molecule has 6 rings (SSSR count). The molecule has 0 spiro atoms. The van der Waals surface area contributed by atoms with Gasteiger partial charge in [0.05, 0.1) is 50.3 Å². The van der Waals surface area contributed by atoms with Crippen molar-refractivity contribution in [3.05, 3.63) is 66.5 Å². The maximum absolute atomic E-state index is 13.0. The Bertz CT molecular complexity index is 2040. The zero-order valence-electron chi connectivity index (χ0n) is 27.4. The molecule has 2 amide bonds. The van der Waals surface area contributed by atoms with Gasteiger partial charge >= 0.3 is 7.60 Å². The standard InChI is InChI=1S/C22H22N4O5.C9H14N5O4P/c1-30-16-13-24-20(31-2)18-17(16)15(12-23-18)19(27)22(29)26-10-8-25(9-11-26)21(28)14-6-4-3-5-7-14;1-6(18-5-19(15,16)17)2-14-4-13-7-8(10)11-3-12-9(7)14/h3-7,12-13,23H,8-11H2,1-2H3;3-4,6H,2,5H2,1H3,(H2,10,11,12)(H2,15,16,17)/t;6-/m.1/s1. The number of ketones is 1. The number of carbonyl (C=O) groups excluding carboxylic acids is 3. The van der Waals surface area contributed by atoms with Gasteiger partial charge in [-0.15, -0.1) is 0 Å². The summed E-state index contributed by atoms with van der Waals surface area (Å²) in [6.45, 7) is 3.35. The number of carbonyl (C=O) groups is 3. The highest BCUT2D eigenvalue weighted by Gasteiger charge is 2.31. The summed E-state index contributed by atoms with van der Waals surface area (Å²) in [5.74, 6) is -0.402. The van der Waals surface area contributed by atoms with E-state index in [1.54, 1.807) is 28.5 Å². The van der Waals surface area contributed by atoms with Crippen molar-refractivity contribution in [2.45, 2.75) is 19.6 Å². The van der Waals surface area contributed by atoms with Gasteiger partial charge in [-0.3, -0.25) is 18.9 Å². The lowest BCUT2D eigenvalue weighted by molar-refractivity contribution is -0.127. The molecule has 1 aliphatic rings. The first kappa shape index (κ1) is 35.9. The van der Waals surface area contributed by atoms with E-state index in [1.165, 1.54) is 44.2 Å². The van der Waals surface area contributed by atoms with Gasteiger partial charge in [-0.2, -0.15) is 0 Å². The van der Waals surface area contributed by atoms with Gasteiger partial charge < -0.3 is 49.1 Å². The highest BCUT2D eigenvalue weighted by atomic mass is 31.2. The average molecular weight is 710 g/mol. The number of ether oxygens (including phenoxy) is 3. The third kappa shape index (κ3) is 8.06. The highest BCUT2D eigenvalue weighted by molar-refractivity contribution is 7.51. The summed E-state index contributed by atoms with van der Waals surface area (Å²) < 4.78 is 28.0. The number of hydrogen-bond donors (Lipinski definition) is 4. The number of anilines is 1. The Morgan fingerprint density at radius 2 is 1.70 bits per heavy atom. The van der Waals surface area contributed by atoms with Crippen molar-refractivity contribution in [3.63, 3.8) is 0 Å². The summed E-state index contributed by atoms with van der Waals surface area (Å²) in [5, 5.41) is 0.450. The first-order valence-corrected chi connectivity index (χ1v) is 17.0. The first-order chi connectivity index (χ1) is 23.9. The number of nitrogens with two attached hydrogens (primary N) is 1. The summed E-state index contributed by atoms with van der Waals surface area (Å²) in [6, 6.07) is 9.00. The van der Waals surface area contributed by atoms with Gasteiger partial charge in [0.15, 0.2) is 11.5 Å². The molecule has 5 N–H and O–H groups in total. The van der Waals surface area contributed by atoms with Gasteiger partial charge in [0.1, 0.15) is 29.5 Å². The van der Waals surface area contributed by atoms with Crippen molar-refractivity contribution < 1.29 is 42.9 Å². The summed E-state index contributed by atoms with van der Waals surface area (Å²) >= 11 is 0. The Labute approximate surface area is 285 Å². The van der Waals surface area contributed by atoms with Gasteiger partial charge in [-0.05, 0) is 19.1 Å². The maximum Gasteiger partial charge on any atom is 0.350 e. The number of piperazine rings is 1. The van der Waals surface area contributed by atoms with Crippen molar-refractivity contribution in [1.29, 1.82) is 0 Å². The Balaban J connectivity index is 0.000000219. The lowest BCUT2D eigenvalue weighted by atomic mass is 10.1. The van der Waals surface area contributed by atoms with Crippen LogP contribution in [0.1, 0.15) is 27.6 Å². The number of H-pyrrole nitrogens is 1. The van der Waals surface area contributed by atoms with Crippen LogP contribution in [0, 0.1) is 0 Å². The van der Waals surface area contributed by atoms with Crippen LogP contribution in [0.5, 0.6) is 11.6 Å². The highest BCUT2D eigenvalue weighted by Crippen LogP contribution is 2.35. The fourth-order valence-electron chi connectivity index (χ4n) is 5.30. The molecule has 5 heterocycles. The smallest absolute Gasteiger partial charge is 0.350 e. The summed E-state index contributed by atoms with van der Waals surface area (Å²) in [5.41, 5.74) is 7.98. The van der Waals surface area contributed by atoms with Crippen LogP contribution in [0.25, 0.3) is 22.1 Å². The third-order valence-corrected chi connectivity index (χ3v) is 8.26. The Morgan fingerprint density at radius 1 is 1.00 bits per heavy atom. The number of aromatic nitrogens is 6. The van der Waals surface area contributed by atoms with Crippen LogP contribution in [-0.2, 0) is 20.6 Å². The van der Waals surface area contributed by atoms with Crippen LogP contribution >= 0.6 is 7.60 Å². The zero-order valence-corrected chi connectivity index (χ0v) is 28.3. The molecule has 19 heteroatoms. The normalized spacial score (nSPS) is 13.9. The second kappa shape index (κ2) is 15.4. The number of methoxy groups -OCH3 is 2. The molecule has 0 bridgehead atoms. The number of amides is 2. The molecule has 0 radical (unpaired) electrons. The van der Waals surface area contributed by atoms with Crippen LogP contribution in [0.15, 0.2) is 55.4 Å². The second-order valence-corrected chi connectivity index (χ2v) is 12.8. The van der Waals surface area contributed by atoms with E-state index in [0.29, 0.717) is 58.9 Å². The summed E-state index contributed by atoms with van der Waals surface area (Å²) in [4.78, 5) is 78.2. The maximum atomic E-state index is 13.0. The topological polar surface area (TPSA) is 241 Å². The molecule has 50 heavy (non-hydrogen) atoms. The predicted molar refractivity (Wildman–Crippen MR) is 180 cm³/mol. The summed E-state index contributed by atoms with van der Waals surface area (Å²) in [6.07, 6.45) is 4.76. The molecule has 1 aromatic carbocycles. The minimum atomic E-state index is -4.16. The lowest BCUT2D eigenvalue weighted by Gasteiger charge is -2.34. The molecule has 18 nitrogen and oxygen atoms in total. The van der Waals surface area contributed by atoms with Gasteiger partial charge in [0.25, 0.3) is 17.6 Å². The van der Waals surface area contributed by atoms with Crippen LogP contribution in [0.3, 0.4) is 0 Å². The molecule has 0 saturated carbocycles. The Morgan fingerprint density at radius 3 is 2.36 bits per heavy atom. The number of benzene rings is 1. The average Bonchev–Trinajstić information content (AvgIpc) is 3.76. The minimum Gasteiger partial charge on any atom is -0.494 e. The molecule has 1 atom stereocenters. The molecule has 264 valence electrons. The van der Waals surface area contributed by atoms with E-state index in [-0.39, 0.29) is 30.4 Å². The molecule has 1 aliphatic heterocycles. The van der Waals surface area contributed by atoms with Gasteiger partial charge in [-0.1, -0.05) is 18.2 Å². The number of nitrogens with one attached hydrogen (secondary N) is 1. The number of imidazole rings is 1. The zero-order chi connectivity index (χ0) is 36.0. The lowest BCUT2D eigenvalue weighted by Crippen LogP contribution is -2.52. The van der Waals surface area contributed by atoms with E-state index >= 15 is 0 Å². The van der Waals surface area contributed by atoms with E-state index in [1.807, 2.05) is 18.2 Å². The number of pyridine rings is 1. The minimum absolute atomic E-state index is 0.0833. The predicted octanol–water partition coefficient (Wildman–Crippen LogP) is 1.70. The first-order valence-electron chi connectivity index (χ1n) is 15.2. The van der Waals surface area contributed by atoms with E-state index in [4.69, 9.17) is 29.7 Å². The third-order valence-electron chi connectivity index (χ3n) is 7.78. The Hall–Kier alpha value is -5.42. The molecular weight excluding hydrogens is 673 g/mol. The van der Waals surface area contributed by atoms with Crippen LogP contribution in [0.4, 0.5) is 5.82 Å². The van der Waals surface area contributed by atoms with E-state index in [0.717, 1.165) is 0 Å². The molecule has 4 aromatic heterocycles. The van der Waals surface area contributed by atoms with Gasteiger partial charge in [-0.25, -0.2) is 19.9 Å². The van der Waals surface area contributed by atoms with E-state index in [9.17, 15) is 18.9 Å². The summed E-state index contributed by atoms with van der Waals surface area (Å²) in [7, 11) is -1.22. The van der Waals surface area contributed by atoms with Gasteiger partial charge in [0.2, 0.25) is 5.88 Å². The number of nitrogens with zero attached hydrogens (tertiary/aromatic N) is 7. The second-order valence-electron chi connectivity index (χ2n) is 11.2. The number of rotatable bonds is 10. The molecule has 1 saturated heterocycles. The molecule has 0 unspecified atom stereocenters. The fraction of sp³-hybridized carbons (Fsp3) is 0.323. The Kier molecular flexibility index (Phi) is 11.1. The number of fused-ring (bicyclic) bond motifs is 2. The van der Waals surface area contributed by atoms with Crippen LogP contribution in [-0.4, -0.2) is 120 Å². The fourth-order valence-corrected chi connectivity index (χ4v) is 5.75. The van der Waals surface area contributed by atoms with E-state index < -0.39 is 31.7 Å². The number of hydrogen-bond acceptors (Lipinski definition) is 12. The van der Waals surface area contributed by atoms with Crippen molar-refractivity contribution in [2.75, 3.05) is 52.5 Å². The molecular formula is C31H36N9O9P.